The molecular formula is C36H35F4N5O3S. The Morgan fingerprint density at radius 1 is 0.939 bits per heavy atom. The fraction of sp³-hybridized carbons (Fsp3) is 0.333. The minimum atomic E-state index is -3.84. The number of nitrogens with zero attached hydrogens (tertiary/aromatic N) is 3. The number of benzene rings is 3. The van der Waals surface area contributed by atoms with Crippen molar-refractivity contribution in [3.8, 4) is 0 Å². The van der Waals surface area contributed by atoms with Gasteiger partial charge in [-0.15, -0.1) is 0 Å². The lowest BCUT2D eigenvalue weighted by molar-refractivity contribution is -0.116. The van der Waals surface area contributed by atoms with Gasteiger partial charge in [0.1, 0.15) is 23.3 Å². The zero-order valence-corrected chi connectivity index (χ0v) is 27.3. The summed E-state index contributed by atoms with van der Waals surface area (Å²) in [6, 6.07) is 16.1. The van der Waals surface area contributed by atoms with Crippen molar-refractivity contribution in [2.24, 2.45) is 5.92 Å². The van der Waals surface area contributed by atoms with E-state index in [9.17, 15) is 26.4 Å². The summed E-state index contributed by atoms with van der Waals surface area (Å²) in [6.45, 7) is 1.86. The minimum Gasteiger partial charge on any atom is -0.324 e. The van der Waals surface area contributed by atoms with Crippen molar-refractivity contribution in [2.75, 3.05) is 31.5 Å². The molecule has 7 rings (SSSR count). The molecule has 1 saturated heterocycles. The Balaban J connectivity index is 1.10. The number of hydrogen-bond donors (Lipinski definition) is 2. The van der Waals surface area contributed by atoms with E-state index in [1.165, 1.54) is 34.8 Å². The molecule has 3 aromatic carbocycles. The van der Waals surface area contributed by atoms with Crippen LogP contribution < -0.4 is 10.6 Å². The number of amides is 1. The summed E-state index contributed by atoms with van der Waals surface area (Å²) in [4.78, 5) is 17.4. The van der Waals surface area contributed by atoms with E-state index in [0.717, 1.165) is 35.5 Å². The molecule has 2 N–H and O–H groups in total. The molecule has 1 aliphatic carbocycles. The number of rotatable bonds is 9. The highest BCUT2D eigenvalue weighted by Gasteiger charge is 2.63. The molecule has 4 aromatic rings. The first-order valence-corrected chi connectivity index (χ1v) is 17.6. The fourth-order valence-corrected chi connectivity index (χ4v) is 9.38. The maximum Gasteiger partial charge on any atom is 0.282 e. The second-order valence-electron chi connectivity index (χ2n) is 13.0. The van der Waals surface area contributed by atoms with Crippen molar-refractivity contribution in [3.63, 3.8) is 0 Å². The molecule has 3 atom stereocenters. The average Bonchev–Trinajstić information content (AvgIpc) is 3.75. The van der Waals surface area contributed by atoms with E-state index in [0.29, 0.717) is 44.6 Å². The molecule has 0 radical (unpaired) electrons. The number of anilines is 1. The second-order valence-corrected chi connectivity index (χ2v) is 14.9. The molecule has 0 unspecified atom stereocenters. The van der Waals surface area contributed by atoms with Crippen LogP contribution >= 0.6 is 0 Å². The molecule has 1 aromatic heterocycles. The topological polar surface area (TPSA) is 94.6 Å². The predicted octanol–water partition coefficient (Wildman–Crippen LogP) is 5.31. The van der Waals surface area contributed by atoms with E-state index < -0.39 is 50.8 Å². The minimum absolute atomic E-state index is 0.126. The molecule has 0 bridgehead atoms. The maximum atomic E-state index is 15.4. The molecule has 13 heteroatoms. The number of pyridine rings is 1. The van der Waals surface area contributed by atoms with Crippen molar-refractivity contribution < 1.29 is 30.8 Å². The first kappa shape index (κ1) is 33.3. The van der Waals surface area contributed by atoms with Gasteiger partial charge in [0.2, 0.25) is 5.91 Å². The van der Waals surface area contributed by atoms with Gasteiger partial charge >= 0.3 is 0 Å². The van der Waals surface area contributed by atoms with Crippen molar-refractivity contribution in [3.05, 3.63) is 130 Å². The van der Waals surface area contributed by atoms with Crippen molar-refractivity contribution in [1.82, 2.24) is 18.9 Å². The van der Waals surface area contributed by atoms with Crippen LogP contribution in [0.25, 0.3) is 0 Å². The summed E-state index contributed by atoms with van der Waals surface area (Å²) in [5.41, 5.74) is 2.33. The van der Waals surface area contributed by atoms with Crippen LogP contribution in [-0.4, -0.2) is 59.6 Å². The summed E-state index contributed by atoms with van der Waals surface area (Å²) in [7, 11) is -3.84. The van der Waals surface area contributed by atoms with E-state index in [-0.39, 0.29) is 42.1 Å². The van der Waals surface area contributed by atoms with Crippen molar-refractivity contribution >= 4 is 21.8 Å². The smallest absolute Gasteiger partial charge is 0.282 e. The normalized spacial score (nSPS) is 21.7. The largest absolute Gasteiger partial charge is 0.324 e. The zero-order chi connectivity index (χ0) is 34.3. The average molecular weight is 694 g/mol. The molecule has 3 heterocycles. The van der Waals surface area contributed by atoms with Gasteiger partial charge in [0.05, 0.1) is 23.6 Å². The monoisotopic (exact) mass is 693 g/mol. The second kappa shape index (κ2) is 13.3. The van der Waals surface area contributed by atoms with Crippen LogP contribution in [0.5, 0.6) is 0 Å². The highest BCUT2D eigenvalue weighted by atomic mass is 32.2. The van der Waals surface area contributed by atoms with Crippen molar-refractivity contribution in [2.45, 2.75) is 43.7 Å². The Bertz CT molecular complexity index is 1980. The third-order valence-corrected chi connectivity index (χ3v) is 12.1. The van der Waals surface area contributed by atoms with E-state index in [4.69, 9.17) is 0 Å². The highest BCUT2D eigenvalue weighted by Crippen LogP contribution is 2.53. The first-order chi connectivity index (χ1) is 23.5. The molecule has 2 fully saturated rings. The maximum absolute atomic E-state index is 15.4. The lowest BCUT2D eigenvalue weighted by atomic mass is 9.88. The lowest BCUT2D eigenvalue weighted by Crippen LogP contribution is -2.60. The number of aromatic nitrogens is 1. The van der Waals surface area contributed by atoms with Gasteiger partial charge in [0, 0.05) is 56.7 Å². The van der Waals surface area contributed by atoms with Crippen LogP contribution in [0.4, 0.5) is 23.2 Å². The van der Waals surface area contributed by atoms with Gasteiger partial charge in [-0.3, -0.25) is 9.78 Å². The SMILES string of the molecule is O=C(C[C@@H](c1ccc(F)cc1)c1cc(F)cc(F)c1)Nc1cncc(F)c1C[C@@H]1C[C@]12CNCCN2S(=O)(=O)N1CCc2ccccc2C1. The number of hydrogen-bond acceptors (Lipinski definition) is 5. The van der Waals surface area contributed by atoms with Crippen LogP contribution in [0, 0.1) is 29.2 Å². The van der Waals surface area contributed by atoms with E-state index in [2.05, 4.69) is 15.6 Å². The van der Waals surface area contributed by atoms with Gasteiger partial charge in [0.25, 0.3) is 10.2 Å². The summed E-state index contributed by atoms with van der Waals surface area (Å²) in [5, 5.41) is 6.05. The third kappa shape index (κ3) is 6.72. The zero-order valence-electron chi connectivity index (χ0n) is 26.5. The fourth-order valence-electron chi connectivity index (χ4n) is 7.41. The Hall–Kier alpha value is -4.17. The molecule has 1 spiro atoms. The Morgan fingerprint density at radius 2 is 1.67 bits per heavy atom. The van der Waals surface area contributed by atoms with Crippen LogP contribution in [0.1, 0.15) is 46.6 Å². The molecule has 1 amide bonds. The number of carbonyl (C=O) groups is 1. The quantitative estimate of drug-likeness (QED) is 0.232. The van der Waals surface area contributed by atoms with E-state index in [1.807, 2.05) is 24.3 Å². The van der Waals surface area contributed by atoms with Crippen LogP contribution in [0.15, 0.2) is 79.1 Å². The van der Waals surface area contributed by atoms with Crippen LogP contribution in [-0.2, 0) is 34.4 Å². The summed E-state index contributed by atoms with van der Waals surface area (Å²) < 4.78 is 88.8. The predicted molar refractivity (Wildman–Crippen MR) is 176 cm³/mol. The third-order valence-electron chi connectivity index (χ3n) is 10.00. The molecule has 3 aliphatic rings. The van der Waals surface area contributed by atoms with Gasteiger partial charge in [-0.2, -0.15) is 17.0 Å². The van der Waals surface area contributed by atoms with E-state index >= 15 is 4.39 Å². The van der Waals surface area contributed by atoms with Gasteiger partial charge in [-0.05, 0) is 71.7 Å². The number of fused-ring (bicyclic) bond motifs is 1. The van der Waals surface area contributed by atoms with Crippen LogP contribution in [0.3, 0.4) is 0 Å². The molecule has 8 nitrogen and oxygen atoms in total. The standard InChI is InChI=1S/C36H35F4N5O3S/c37-28-7-5-24(6-8-28)31(26-13-29(38)16-30(39)14-26)17-35(46)43-34-20-42-19-33(40)32(34)15-27-18-36(27)22-41-10-12-45(36)49(47,48)44-11-9-23-3-1-2-4-25(23)21-44/h1-8,13-14,16,19-20,27,31,41H,9-12,15,17-18,21-22H2,(H,43,46)/t27-,31+,36+/m1/s1. The molecular weight excluding hydrogens is 658 g/mol. The first-order valence-electron chi connectivity index (χ1n) is 16.2. The highest BCUT2D eigenvalue weighted by molar-refractivity contribution is 7.86. The molecule has 49 heavy (non-hydrogen) atoms. The number of nitrogens with one attached hydrogen (secondary N) is 2. The molecule has 256 valence electrons. The van der Waals surface area contributed by atoms with Crippen LogP contribution in [0.2, 0.25) is 0 Å². The van der Waals surface area contributed by atoms with Gasteiger partial charge in [-0.25, -0.2) is 17.6 Å². The summed E-state index contributed by atoms with van der Waals surface area (Å²) in [6.07, 6.45) is 3.38. The van der Waals surface area contributed by atoms with Gasteiger partial charge in [0.15, 0.2) is 0 Å². The summed E-state index contributed by atoms with van der Waals surface area (Å²) >= 11 is 0. The number of halogens is 4. The van der Waals surface area contributed by atoms with Crippen molar-refractivity contribution in [1.29, 1.82) is 0 Å². The number of piperazine rings is 1. The van der Waals surface area contributed by atoms with E-state index in [1.54, 1.807) is 4.31 Å². The number of carbonyl (C=O) groups excluding carboxylic acids is 1. The molecule has 1 saturated carbocycles. The molecule has 2 aliphatic heterocycles. The van der Waals surface area contributed by atoms with Gasteiger partial charge < -0.3 is 10.6 Å². The van der Waals surface area contributed by atoms with Gasteiger partial charge in [-0.1, -0.05) is 36.4 Å². The Kier molecular flexibility index (Phi) is 9.03. The Morgan fingerprint density at radius 3 is 2.43 bits per heavy atom. The Labute approximate surface area is 282 Å². The lowest BCUT2D eigenvalue weighted by Gasteiger charge is -2.41. The summed E-state index contributed by atoms with van der Waals surface area (Å²) in [5.74, 6) is -4.45.